The van der Waals surface area contributed by atoms with E-state index in [1.54, 1.807) is 0 Å². The summed E-state index contributed by atoms with van der Waals surface area (Å²) >= 11 is 0. The molecule has 0 aromatic carbocycles. The predicted molar refractivity (Wildman–Crippen MR) is 289 cm³/mol. The van der Waals surface area contributed by atoms with Crippen molar-refractivity contribution in [1.82, 2.24) is 0 Å². The summed E-state index contributed by atoms with van der Waals surface area (Å²) in [5.74, 6) is -0.388. The summed E-state index contributed by atoms with van der Waals surface area (Å²) in [5.41, 5.74) is 0. The van der Waals surface area contributed by atoms with Crippen molar-refractivity contribution < 1.29 is 23.8 Å². The largest absolute Gasteiger partial charge is 0.462 e. The van der Waals surface area contributed by atoms with E-state index in [-0.39, 0.29) is 18.5 Å². The Kier molecular flexibility index (Phi) is 56.3. The molecule has 0 unspecified atom stereocenters. The van der Waals surface area contributed by atoms with Crippen molar-refractivity contribution >= 4 is 11.9 Å². The van der Waals surface area contributed by atoms with Crippen LogP contribution in [-0.2, 0) is 23.8 Å². The number of unbranched alkanes of at least 4 members (excludes halogenated alkanes) is 41. The van der Waals surface area contributed by atoms with Crippen molar-refractivity contribution in [2.75, 3.05) is 19.8 Å². The molecule has 390 valence electrons. The third-order valence-electron chi connectivity index (χ3n) is 13.5. The Labute approximate surface area is 413 Å². The maximum Gasteiger partial charge on any atom is 0.306 e. The molecule has 0 rings (SSSR count). The van der Waals surface area contributed by atoms with Crippen molar-refractivity contribution in [1.29, 1.82) is 0 Å². The number of carbonyl (C=O) groups excluding carboxylic acids is 2. The molecule has 1 atom stereocenters. The highest BCUT2D eigenvalue weighted by molar-refractivity contribution is 5.70. The average Bonchev–Trinajstić information content (AvgIpc) is 3.32. The minimum atomic E-state index is -0.536. The molecule has 5 heteroatoms. The Bertz CT molecular complexity index is 1010. The van der Waals surface area contributed by atoms with E-state index in [1.165, 1.54) is 244 Å². The molecule has 0 saturated carbocycles. The summed E-state index contributed by atoms with van der Waals surface area (Å²) in [6.07, 6.45) is 69.2. The third-order valence-corrected chi connectivity index (χ3v) is 13.5. The fourth-order valence-corrected chi connectivity index (χ4v) is 9.01. The quantitative estimate of drug-likeness (QED) is 0.0345. The van der Waals surface area contributed by atoms with Gasteiger partial charge in [0.05, 0.1) is 6.61 Å². The zero-order valence-corrected chi connectivity index (χ0v) is 45.0. The lowest BCUT2D eigenvalue weighted by atomic mass is 10.0. The molecule has 0 heterocycles. The fourth-order valence-electron chi connectivity index (χ4n) is 9.01. The van der Waals surface area contributed by atoms with Crippen molar-refractivity contribution in [3.8, 4) is 0 Å². The number of allylic oxidation sites excluding steroid dienone is 4. The molecule has 0 amide bonds. The number of carbonyl (C=O) groups is 2. The monoisotopic (exact) mass is 929 g/mol. The van der Waals surface area contributed by atoms with Crippen LogP contribution in [0.15, 0.2) is 24.3 Å². The standard InChI is InChI=1S/C61H116O5/c1-4-7-10-13-16-19-22-25-28-30-31-32-34-36-39-42-45-48-51-54-60(62)65-58-59(57-64-56-53-50-47-44-41-38-35-29-26-23-20-17-14-11-8-5-2)66-61(63)55-52-49-46-43-40-37-33-27-24-21-18-15-12-9-6-3/h18,21,27,33,59H,4-17,19-20,22-26,28-32,34-58H2,1-3H3/b21-18-,33-27-/t59-/m1/s1. The summed E-state index contributed by atoms with van der Waals surface area (Å²) in [6.45, 7) is 7.87. The van der Waals surface area contributed by atoms with E-state index in [9.17, 15) is 9.59 Å². The molecule has 0 bridgehead atoms. The third kappa shape index (κ3) is 55.0. The van der Waals surface area contributed by atoms with E-state index in [4.69, 9.17) is 14.2 Å². The van der Waals surface area contributed by atoms with E-state index in [1.807, 2.05) is 0 Å². The van der Waals surface area contributed by atoms with Gasteiger partial charge in [0.25, 0.3) is 0 Å². The highest BCUT2D eigenvalue weighted by Gasteiger charge is 2.17. The lowest BCUT2D eigenvalue weighted by Gasteiger charge is -2.18. The molecule has 5 nitrogen and oxygen atoms in total. The first-order valence-corrected chi connectivity index (χ1v) is 29.9. The van der Waals surface area contributed by atoms with Crippen LogP contribution < -0.4 is 0 Å². The molecular weight excluding hydrogens is 813 g/mol. The molecule has 0 spiro atoms. The summed E-state index contributed by atoms with van der Waals surface area (Å²) in [5, 5.41) is 0. The van der Waals surface area contributed by atoms with Gasteiger partial charge < -0.3 is 14.2 Å². The van der Waals surface area contributed by atoms with Crippen molar-refractivity contribution in [3.63, 3.8) is 0 Å². The molecule has 0 N–H and O–H groups in total. The number of esters is 2. The Morgan fingerprint density at radius 2 is 0.636 bits per heavy atom. The topological polar surface area (TPSA) is 61.8 Å². The van der Waals surface area contributed by atoms with Gasteiger partial charge in [0, 0.05) is 19.4 Å². The Morgan fingerprint density at radius 3 is 1.03 bits per heavy atom. The number of rotatable bonds is 56. The number of hydrogen-bond donors (Lipinski definition) is 0. The number of ether oxygens (including phenoxy) is 3. The van der Waals surface area contributed by atoms with Gasteiger partial charge in [-0.25, -0.2) is 0 Å². The van der Waals surface area contributed by atoms with E-state index >= 15 is 0 Å². The summed E-state index contributed by atoms with van der Waals surface area (Å²) in [6, 6.07) is 0. The summed E-state index contributed by atoms with van der Waals surface area (Å²) < 4.78 is 17.5. The van der Waals surface area contributed by atoms with Crippen LogP contribution in [0.5, 0.6) is 0 Å². The van der Waals surface area contributed by atoms with E-state index in [2.05, 4.69) is 45.1 Å². The average molecular weight is 930 g/mol. The fraction of sp³-hybridized carbons (Fsp3) is 0.902. The van der Waals surface area contributed by atoms with Crippen LogP contribution in [0.25, 0.3) is 0 Å². The molecule has 66 heavy (non-hydrogen) atoms. The highest BCUT2D eigenvalue weighted by Crippen LogP contribution is 2.17. The van der Waals surface area contributed by atoms with Gasteiger partial charge in [-0.1, -0.05) is 289 Å². The molecule has 0 fully saturated rings. The predicted octanol–water partition coefficient (Wildman–Crippen LogP) is 20.4. The molecular formula is C61H116O5. The van der Waals surface area contributed by atoms with Crippen molar-refractivity contribution in [2.45, 2.75) is 335 Å². The molecule has 0 aliphatic heterocycles. The van der Waals surface area contributed by atoms with Gasteiger partial charge in [-0.05, 0) is 51.4 Å². The smallest absolute Gasteiger partial charge is 0.306 e. The van der Waals surface area contributed by atoms with Gasteiger partial charge in [-0.3, -0.25) is 9.59 Å². The molecule has 0 aliphatic rings. The van der Waals surface area contributed by atoms with Crippen molar-refractivity contribution in [2.24, 2.45) is 0 Å². The minimum Gasteiger partial charge on any atom is -0.462 e. The lowest BCUT2D eigenvalue weighted by molar-refractivity contribution is -0.163. The summed E-state index contributed by atoms with van der Waals surface area (Å²) in [4.78, 5) is 25.5. The lowest BCUT2D eigenvalue weighted by Crippen LogP contribution is -2.30. The number of hydrogen-bond acceptors (Lipinski definition) is 5. The second-order valence-electron chi connectivity index (χ2n) is 20.3. The second-order valence-corrected chi connectivity index (χ2v) is 20.3. The van der Waals surface area contributed by atoms with Crippen LogP contribution in [0, 0.1) is 0 Å². The first kappa shape index (κ1) is 64.4. The molecule has 0 aromatic heterocycles. The van der Waals surface area contributed by atoms with Crippen LogP contribution in [0.2, 0.25) is 0 Å². The van der Waals surface area contributed by atoms with Crippen LogP contribution >= 0.6 is 0 Å². The highest BCUT2D eigenvalue weighted by atomic mass is 16.6. The van der Waals surface area contributed by atoms with Gasteiger partial charge in [0.1, 0.15) is 6.61 Å². The zero-order valence-electron chi connectivity index (χ0n) is 45.0. The maximum absolute atomic E-state index is 12.9. The maximum atomic E-state index is 12.9. The van der Waals surface area contributed by atoms with E-state index in [0.29, 0.717) is 26.1 Å². The van der Waals surface area contributed by atoms with Gasteiger partial charge in [-0.15, -0.1) is 0 Å². The normalized spacial score (nSPS) is 12.2. The van der Waals surface area contributed by atoms with Crippen LogP contribution in [0.4, 0.5) is 0 Å². The molecule has 0 radical (unpaired) electrons. The molecule has 0 aliphatic carbocycles. The van der Waals surface area contributed by atoms with Crippen LogP contribution in [0.3, 0.4) is 0 Å². The second kappa shape index (κ2) is 57.7. The van der Waals surface area contributed by atoms with E-state index < -0.39 is 6.10 Å². The Balaban J connectivity index is 4.21. The Hall–Kier alpha value is -1.62. The molecule has 0 saturated heterocycles. The zero-order chi connectivity index (χ0) is 47.7. The van der Waals surface area contributed by atoms with Gasteiger partial charge in [0.2, 0.25) is 0 Å². The summed E-state index contributed by atoms with van der Waals surface area (Å²) in [7, 11) is 0. The van der Waals surface area contributed by atoms with Crippen molar-refractivity contribution in [3.05, 3.63) is 24.3 Å². The van der Waals surface area contributed by atoms with Gasteiger partial charge in [-0.2, -0.15) is 0 Å². The van der Waals surface area contributed by atoms with Crippen LogP contribution in [0.1, 0.15) is 329 Å². The van der Waals surface area contributed by atoms with Gasteiger partial charge >= 0.3 is 11.9 Å². The first-order chi connectivity index (χ1) is 32.6. The molecule has 0 aromatic rings. The Morgan fingerprint density at radius 1 is 0.333 bits per heavy atom. The SMILES string of the molecule is CCCCC/C=C\C/C=C\CCCCCCCC(=O)O[C@H](COCCCCCCCCCCCCCCCCCC)COC(=O)CCCCCCCCCCCCCCCCCCCCC. The van der Waals surface area contributed by atoms with E-state index in [0.717, 1.165) is 51.4 Å². The first-order valence-electron chi connectivity index (χ1n) is 29.9. The van der Waals surface area contributed by atoms with Gasteiger partial charge in [0.15, 0.2) is 6.10 Å². The van der Waals surface area contributed by atoms with Crippen LogP contribution in [-0.4, -0.2) is 37.9 Å². The minimum absolute atomic E-state index is 0.0881.